The molecule has 128 valence electrons. The molecular formula is C16H18ClN3OS3. The van der Waals surface area contributed by atoms with Gasteiger partial charge in [0.25, 0.3) is 0 Å². The summed E-state index contributed by atoms with van der Waals surface area (Å²) in [5.74, 6) is 0.736. The molecule has 0 bridgehead atoms. The molecule has 0 aliphatic carbocycles. The fraction of sp³-hybridized carbons (Fsp3) is 0.312. The largest absolute Gasteiger partial charge is 0.325 e. The Morgan fingerprint density at radius 1 is 1.42 bits per heavy atom. The third-order valence-corrected chi connectivity index (χ3v) is 6.88. The Hall–Kier alpha value is -1.02. The van der Waals surface area contributed by atoms with Gasteiger partial charge in [-0.15, -0.1) is 10.2 Å². The molecule has 0 saturated heterocycles. The molecule has 2 rings (SSSR count). The standard InChI is InChI=1S/C16H18ClN3OS3/c1-9(2)8-22-15-19-20-16(24-15)23-11(4)14(21)18-13-7-5-6-12(17)10(13)3/h5-7,11H,1,8H2,2-4H3,(H,18,21)/t11-/m0/s1. The molecule has 1 aromatic carbocycles. The van der Waals surface area contributed by atoms with Crippen molar-refractivity contribution < 1.29 is 4.79 Å². The minimum atomic E-state index is -0.282. The van der Waals surface area contributed by atoms with Gasteiger partial charge in [0.05, 0.1) is 5.25 Å². The number of carbonyl (C=O) groups excluding carboxylic acids is 1. The second kappa shape index (κ2) is 8.89. The summed E-state index contributed by atoms with van der Waals surface area (Å²) in [6.07, 6.45) is 0. The number of amides is 1. The number of anilines is 1. The van der Waals surface area contributed by atoms with E-state index in [2.05, 4.69) is 22.1 Å². The molecule has 0 aliphatic rings. The van der Waals surface area contributed by atoms with Crippen molar-refractivity contribution in [3.8, 4) is 0 Å². The first-order valence-electron chi connectivity index (χ1n) is 7.20. The number of halogens is 1. The molecule has 0 spiro atoms. The predicted molar refractivity (Wildman–Crippen MR) is 106 cm³/mol. The number of nitrogens with one attached hydrogen (secondary N) is 1. The fourth-order valence-electron chi connectivity index (χ4n) is 1.67. The maximum absolute atomic E-state index is 12.4. The van der Waals surface area contributed by atoms with E-state index in [-0.39, 0.29) is 11.2 Å². The van der Waals surface area contributed by atoms with Crippen molar-refractivity contribution in [2.75, 3.05) is 11.1 Å². The molecule has 8 heteroatoms. The van der Waals surface area contributed by atoms with Crippen LogP contribution in [0.25, 0.3) is 0 Å². The van der Waals surface area contributed by atoms with Gasteiger partial charge in [-0.1, -0.05) is 64.7 Å². The lowest BCUT2D eigenvalue weighted by molar-refractivity contribution is -0.115. The van der Waals surface area contributed by atoms with E-state index in [1.807, 2.05) is 32.9 Å². The number of benzene rings is 1. The second-order valence-electron chi connectivity index (χ2n) is 5.24. The first-order chi connectivity index (χ1) is 11.4. The monoisotopic (exact) mass is 399 g/mol. The van der Waals surface area contributed by atoms with Crippen molar-refractivity contribution in [3.63, 3.8) is 0 Å². The van der Waals surface area contributed by atoms with E-state index < -0.39 is 0 Å². The molecule has 1 heterocycles. The Balaban J connectivity index is 1.94. The highest BCUT2D eigenvalue weighted by molar-refractivity contribution is 8.04. The van der Waals surface area contributed by atoms with E-state index in [4.69, 9.17) is 11.6 Å². The number of hydrogen-bond acceptors (Lipinski definition) is 6. The average molecular weight is 400 g/mol. The van der Waals surface area contributed by atoms with Crippen molar-refractivity contribution in [1.82, 2.24) is 10.2 Å². The van der Waals surface area contributed by atoms with E-state index in [1.165, 1.54) is 23.1 Å². The molecule has 0 fully saturated rings. The number of aromatic nitrogens is 2. The minimum Gasteiger partial charge on any atom is -0.325 e. The van der Waals surface area contributed by atoms with Crippen LogP contribution in [-0.2, 0) is 4.79 Å². The van der Waals surface area contributed by atoms with Gasteiger partial charge < -0.3 is 5.32 Å². The molecule has 1 N–H and O–H groups in total. The van der Waals surface area contributed by atoms with Crippen LogP contribution in [0, 0.1) is 6.92 Å². The van der Waals surface area contributed by atoms with Crippen molar-refractivity contribution in [1.29, 1.82) is 0 Å². The number of nitrogens with zero attached hydrogens (tertiary/aromatic N) is 2. The summed E-state index contributed by atoms with van der Waals surface area (Å²) in [5, 5.41) is 11.5. The Morgan fingerprint density at radius 3 is 2.83 bits per heavy atom. The summed E-state index contributed by atoms with van der Waals surface area (Å²) < 4.78 is 1.67. The highest BCUT2D eigenvalue weighted by Crippen LogP contribution is 2.32. The van der Waals surface area contributed by atoms with Gasteiger partial charge in [0.1, 0.15) is 0 Å². The summed E-state index contributed by atoms with van der Waals surface area (Å²) in [6.45, 7) is 9.58. The van der Waals surface area contributed by atoms with E-state index in [1.54, 1.807) is 17.8 Å². The molecule has 1 atom stereocenters. The molecule has 1 aromatic heterocycles. The molecule has 24 heavy (non-hydrogen) atoms. The first kappa shape index (κ1) is 19.3. The highest BCUT2D eigenvalue weighted by Gasteiger charge is 2.18. The maximum atomic E-state index is 12.4. The van der Waals surface area contributed by atoms with E-state index in [0.717, 1.165) is 31.3 Å². The minimum absolute atomic E-state index is 0.0864. The van der Waals surface area contributed by atoms with Crippen LogP contribution >= 0.6 is 46.5 Å². The predicted octanol–water partition coefficient (Wildman–Crippen LogP) is 5.29. The molecule has 0 unspecified atom stereocenters. The smallest absolute Gasteiger partial charge is 0.237 e. The zero-order chi connectivity index (χ0) is 17.7. The van der Waals surface area contributed by atoms with Gasteiger partial charge >= 0.3 is 0 Å². The van der Waals surface area contributed by atoms with E-state index >= 15 is 0 Å². The van der Waals surface area contributed by atoms with Gasteiger partial charge in [0.2, 0.25) is 5.91 Å². The van der Waals surface area contributed by atoms with Gasteiger partial charge in [0.15, 0.2) is 8.68 Å². The SMILES string of the molecule is C=C(C)CSc1nnc(S[C@@H](C)C(=O)Nc2cccc(Cl)c2C)s1. The van der Waals surface area contributed by atoms with Crippen LogP contribution in [0.4, 0.5) is 5.69 Å². The molecule has 1 amide bonds. The molecule has 0 radical (unpaired) electrons. The van der Waals surface area contributed by atoms with Gasteiger partial charge in [-0.05, 0) is 38.5 Å². The molecule has 0 aliphatic heterocycles. The van der Waals surface area contributed by atoms with E-state index in [0.29, 0.717) is 5.02 Å². The van der Waals surface area contributed by atoms with Crippen LogP contribution in [-0.4, -0.2) is 27.1 Å². The molecule has 0 saturated carbocycles. The van der Waals surface area contributed by atoms with Crippen LogP contribution in [0.2, 0.25) is 5.02 Å². The summed E-state index contributed by atoms with van der Waals surface area (Å²) in [5.41, 5.74) is 2.68. The maximum Gasteiger partial charge on any atom is 0.237 e. The number of hydrogen-bond donors (Lipinski definition) is 1. The lowest BCUT2D eigenvalue weighted by atomic mass is 10.2. The average Bonchev–Trinajstić information content (AvgIpc) is 2.97. The van der Waals surface area contributed by atoms with Gasteiger partial charge in [0, 0.05) is 16.5 Å². The number of thioether (sulfide) groups is 2. The number of rotatable bonds is 7. The molecule has 2 aromatic rings. The topological polar surface area (TPSA) is 54.9 Å². The van der Waals surface area contributed by atoms with Gasteiger partial charge in [-0.3, -0.25) is 4.79 Å². The Bertz CT molecular complexity index is 748. The zero-order valence-electron chi connectivity index (χ0n) is 13.6. The van der Waals surface area contributed by atoms with Crippen LogP contribution in [0.1, 0.15) is 19.4 Å². The summed E-state index contributed by atoms with van der Waals surface area (Å²) >= 11 is 10.6. The third-order valence-electron chi connectivity index (χ3n) is 3.00. The fourth-order valence-corrected chi connectivity index (χ4v) is 4.85. The zero-order valence-corrected chi connectivity index (χ0v) is 16.8. The van der Waals surface area contributed by atoms with Crippen molar-refractivity contribution >= 4 is 58.1 Å². The van der Waals surface area contributed by atoms with Crippen molar-refractivity contribution in [3.05, 3.63) is 40.9 Å². The van der Waals surface area contributed by atoms with Gasteiger partial charge in [-0.2, -0.15) is 0 Å². The second-order valence-corrected chi connectivity index (χ2v) is 9.44. The van der Waals surface area contributed by atoms with Crippen molar-refractivity contribution in [2.45, 2.75) is 34.7 Å². The lowest BCUT2D eigenvalue weighted by Gasteiger charge is -2.12. The molecule has 4 nitrogen and oxygen atoms in total. The Kier molecular flexibility index (Phi) is 7.16. The summed E-state index contributed by atoms with van der Waals surface area (Å²) in [4.78, 5) is 12.4. The lowest BCUT2D eigenvalue weighted by Crippen LogP contribution is -2.22. The summed E-state index contributed by atoms with van der Waals surface area (Å²) in [6, 6.07) is 5.46. The van der Waals surface area contributed by atoms with Crippen LogP contribution in [0.3, 0.4) is 0 Å². The number of carbonyl (C=O) groups is 1. The van der Waals surface area contributed by atoms with Crippen molar-refractivity contribution in [2.24, 2.45) is 0 Å². The highest BCUT2D eigenvalue weighted by atomic mass is 35.5. The van der Waals surface area contributed by atoms with Gasteiger partial charge in [-0.25, -0.2) is 0 Å². The quantitative estimate of drug-likeness (QED) is 0.506. The first-order valence-corrected chi connectivity index (χ1v) is 10.3. The normalized spacial score (nSPS) is 12.0. The van der Waals surface area contributed by atoms with Crippen LogP contribution in [0.5, 0.6) is 0 Å². The Labute approximate surface area is 159 Å². The summed E-state index contributed by atoms with van der Waals surface area (Å²) in [7, 11) is 0. The third kappa shape index (κ3) is 5.51. The van der Waals surface area contributed by atoms with E-state index in [9.17, 15) is 4.79 Å². The molecular weight excluding hydrogens is 382 g/mol. The van der Waals surface area contributed by atoms with Crippen LogP contribution < -0.4 is 5.32 Å². The van der Waals surface area contributed by atoms with Crippen LogP contribution in [0.15, 0.2) is 39.0 Å². The Morgan fingerprint density at radius 2 is 2.12 bits per heavy atom.